The van der Waals surface area contributed by atoms with E-state index in [1.54, 1.807) is 73.7 Å². The van der Waals surface area contributed by atoms with Crippen molar-refractivity contribution in [2.75, 3.05) is 16.4 Å². The van der Waals surface area contributed by atoms with Crippen molar-refractivity contribution in [3.63, 3.8) is 0 Å². The minimum atomic E-state index is -0.516. The van der Waals surface area contributed by atoms with Crippen molar-refractivity contribution in [3.05, 3.63) is 135 Å². The highest BCUT2D eigenvalue weighted by molar-refractivity contribution is 8.00. The van der Waals surface area contributed by atoms with Crippen molar-refractivity contribution in [3.8, 4) is 0 Å². The first kappa shape index (κ1) is 29.8. The van der Waals surface area contributed by atoms with Gasteiger partial charge in [0.2, 0.25) is 5.91 Å². The Morgan fingerprint density at radius 1 is 0.857 bits per heavy atom. The van der Waals surface area contributed by atoms with E-state index in [9.17, 15) is 24.5 Å². The molecule has 4 aromatic carbocycles. The van der Waals surface area contributed by atoms with E-state index >= 15 is 0 Å². The first-order chi connectivity index (χ1) is 20.2. The summed E-state index contributed by atoms with van der Waals surface area (Å²) in [4.78, 5) is 50.0. The van der Waals surface area contributed by atoms with Gasteiger partial charge in [0.05, 0.1) is 16.4 Å². The fourth-order valence-corrected chi connectivity index (χ4v) is 4.58. The summed E-state index contributed by atoms with van der Waals surface area (Å²) in [5.74, 6) is -1.21. The van der Waals surface area contributed by atoms with E-state index in [4.69, 9.17) is 0 Å². The van der Waals surface area contributed by atoms with Gasteiger partial charge in [0.15, 0.2) is 0 Å². The van der Waals surface area contributed by atoms with Crippen LogP contribution in [0.4, 0.5) is 17.1 Å². The second-order valence-electron chi connectivity index (χ2n) is 9.36. The lowest BCUT2D eigenvalue weighted by Gasteiger charge is -2.12. The molecule has 0 saturated carbocycles. The Hall–Kier alpha value is -5.22. The van der Waals surface area contributed by atoms with Crippen LogP contribution < -0.4 is 16.0 Å². The van der Waals surface area contributed by atoms with Crippen molar-refractivity contribution >= 4 is 52.6 Å². The summed E-state index contributed by atoms with van der Waals surface area (Å²) in [5, 5.41) is 19.3. The van der Waals surface area contributed by atoms with E-state index in [0.29, 0.717) is 22.5 Å². The van der Waals surface area contributed by atoms with Crippen LogP contribution in [0.2, 0.25) is 0 Å². The van der Waals surface area contributed by atoms with Crippen LogP contribution in [0.1, 0.15) is 27.0 Å². The smallest absolute Gasteiger partial charge is 0.272 e. The number of nitro groups is 1. The zero-order valence-corrected chi connectivity index (χ0v) is 23.7. The Balaban J connectivity index is 1.44. The molecule has 0 aromatic heterocycles. The van der Waals surface area contributed by atoms with Crippen LogP contribution in [-0.2, 0) is 9.59 Å². The molecular formula is C32H28N4O5S. The van der Waals surface area contributed by atoms with Gasteiger partial charge in [-0.05, 0) is 61.4 Å². The van der Waals surface area contributed by atoms with Gasteiger partial charge < -0.3 is 16.0 Å². The van der Waals surface area contributed by atoms with Gasteiger partial charge in [0, 0.05) is 28.3 Å². The van der Waals surface area contributed by atoms with Gasteiger partial charge in [-0.25, -0.2) is 0 Å². The van der Waals surface area contributed by atoms with Gasteiger partial charge in [0.1, 0.15) is 5.70 Å². The Kier molecular flexibility index (Phi) is 9.85. The van der Waals surface area contributed by atoms with E-state index in [0.717, 1.165) is 16.0 Å². The summed E-state index contributed by atoms with van der Waals surface area (Å²) in [6, 6.07) is 27.4. The molecule has 0 bridgehead atoms. The summed E-state index contributed by atoms with van der Waals surface area (Å²) in [6.07, 6.45) is 1.61. The van der Waals surface area contributed by atoms with Gasteiger partial charge >= 0.3 is 0 Å². The third-order valence-electron chi connectivity index (χ3n) is 6.09. The number of nitro benzene ring substituents is 1. The molecular weight excluding hydrogens is 552 g/mol. The van der Waals surface area contributed by atoms with Gasteiger partial charge in [-0.1, -0.05) is 60.2 Å². The SMILES string of the molecule is Cc1ccc(/C=C(\NC(=O)c2ccccc2)C(=O)Nc2cccc(SCC(=O)Nc3cc([N+](=O)[O-])ccc3C)c2)cc1. The fourth-order valence-electron chi connectivity index (χ4n) is 3.83. The maximum Gasteiger partial charge on any atom is 0.272 e. The normalized spacial score (nSPS) is 11.0. The molecule has 0 spiro atoms. The number of rotatable bonds is 10. The first-order valence-corrected chi connectivity index (χ1v) is 13.9. The van der Waals surface area contributed by atoms with Crippen LogP contribution in [-0.4, -0.2) is 28.4 Å². The molecule has 0 heterocycles. The molecule has 9 nitrogen and oxygen atoms in total. The number of thioether (sulfide) groups is 1. The average molecular weight is 581 g/mol. The first-order valence-electron chi connectivity index (χ1n) is 12.9. The number of nitrogens with zero attached hydrogens (tertiary/aromatic N) is 1. The fraction of sp³-hybridized carbons (Fsp3) is 0.0938. The monoisotopic (exact) mass is 580 g/mol. The van der Waals surface area contributed by atoms with Crippen molar-refractivity contribution < 1.29 is 19.3 Å². The van der Waals surface area contributed by atoms with Crippen LogP contribution in [0.5, 0.6) is 0 Å². The molecule has 0 saturated heterocycles. The molecule has 0 unspecified atom stereocenters. The van der Waals surface area contributed by atoms with Gasteiger partial charge in [-0.2, -0.15) is 0 Å². The highest BCUT2D eigenvalue weighted by atomic mass is 32.2. The van der Waals surface area contributed by atoms with E-state index in [-0.39, 0.29) is 23.0 Å². The van der Waals surface area contributed by atoms with E-state index in [1.807, 2.05) is 31.2 Å². The summed E-state index contributed by atoms with van der Waals surface area (Å²) in [6.45, 7) is 3.71. The van der Waals surface area contributed by atoms with Crippen LogP contribution >= 0.6 is 11.8 Å². The zero-order valence-electron chi connectivity index (χ0n) is 22.9. The quantitative estimate of drug-likeness (QED) is 0.0867. The van der Waals surface area contributed by atoms with Gasteiger partial charge in [0.25, 0.3) is 17.5 Å². The van der Waals surface area contributed by atoms with Gasteiger partial charge in [-0.3, -0.25) is 24.5 Å². The molecule has 0 aliphatic heterocycles. The number of non-ortho nitro benzene ring substituents is 1. The second-order valence-corrected chi connectivity index (χ2v) is 10.4. The van der Waals surface area contributed by atoms with Crippen molar-refractivity contribution in [1.82, 2.24) is 5.32 Å². The van der Waals surface area contributed by atoms with E-state index in [1.165, 1.54) is 23.9 Å². The lowest BCUT2D eigenvalue weighted by molar-refractivity contribution is -0.384. The molecule has 3 amide bonds. The standard InChI is InChI=1S/C32H28N4O5S/c1-21-11-14-23(15-12-21)17-29(35-31(38)24-7-4-3-5-8-24)32(39)33-25-9-6-10-27(18-25)42-20-30(37)34-28-19-26(36(40)41)16-13-22(28)2/h3-19H,20H2,1-2H3,(H,33,39)(H,34,37)(H,35,38)/b29-17-. The van der Waals surface area contributed by atoms with Crippen LogP contribution in [0.15, 0.2) is 108 Å². The lowest BCUT2D eigenvalue weighted by Crippen LogP contribution is -2.30. The number of benzene rings is 4. The summed E-state index contributed by atoms with van der Waals surface area (Å²) < 4.78 is 0. The molecule has 0 radical (unpaired) electrons. The van der Waals surface area contributed by atoms with Crippen LogP contribution in [0.25, 0.3) is 6.08 Å². The number of carbonyl (C=O) groups excluding carboxylic acids is 3. The molecule has 0 atom stereocenters. The van der Waals surface area contributed by atoms with E-state index in [2.05, 4.69) is 16.0 Å². The number of amides is 3. The third-order valence-corrected chi connectivity index (χ3v) is 7.08. The maximum absolute atomic E-state index is 13.3. The number of aryl methyl sites for hydroxylation is 2. The maximum atomic E-state index is 13.3. The molecule has 0 aliphatic carbocycles. The van der Waals surface area contributed by atoms with E-state index < -0.39 is 16.7 Å². The van der Waals surface area contributed by atoms with Crippen molar-refractivity contribution in [2.45, 2.75) is 18.7 Å². The molecule has 4 aromatic rings. The van der Waals surface area contributed by atoms with Crippen molar-refractivity contribution in [1.29, 1.82) is 0 Å². The molecule has 212 valence electrons. The minimum Gasteiger partial charge on any atom is -0.325 e. The third kappa shape index (κ3) is 8.39. The topological polar surface area (TPSA) is 130 Å². The molecule has 0 fully saturated rings. The number of nitrogens with one attached hydrogen (secondary N) is 3. The summed E-state index contributed by atoms with van der Waals surface area (Å²) in [7, 11) is 0. The Labute approximate surface area is 247 Å². The van der Waals surface area contributed by atoms with Crippen molar-refractivity contribution in [2.24, 2.45) is 0 Å². The number of anilines is 2. The minimum absolute atomic E-state index is 0.0469. The average Bonchev–Trinajstić information content (AvgIpc) is 2.98. The second kappa shape index (κ2) is 13.9. The van der Waals surface area contributed by atoms with Gasteiger partial charge in [-0.15, -0.1) is 11.8 Å². The highest BCUT2D eigenvalue weighted by Gasteiger charge is 2.16. The summed E-state index contributed by atoms with van der Waals surface area (Å²) in [5.41, 5.74) is 3.74. The Morgan fingerprint density at radius 3 is 2.31 bits per heavy atom. The molecule has 10 heteroatoms. The van der Waals surface area contributed by atoms with Crippen LogP contribution in [0.3, 0.4) is 0 Å². The molecule has 42 heavy (non-hydrogen) atoms. The summed E-state index contributed by atoms with van der Waals surface area (Å²) >= 11 is 1.24. The zero-order chi connectivity index (χ0) is 30.1. The Bertz CT molecular complexity index is 1650. The molecule has 3 N–H and O–H groups in total. The molecule has 4 rings (SSSR count). The van der Waals surface area contributed by atoms with Crippen LogP contribution in [0, 0.1) is 24.0 Å². The largest absolute Gasteiger partial charge is 0.325 e. The predicted octanol–water partition coefficient (Wildman–Crippen LogP) is 6.35. The number of hydrogen-bond donors (Lipinski definition) is 3. The molecule has 0 aliphatic rings. The Morgan fingerprint density at radius 2 is 1.60 bits per heavy atom. The lowest BCUT2D eigenvalue weighted by atomic mass is 10.1. The number of carbonyl (C=O) groups is 3. The number of hydrogen-bond acceptors (Lipinski definition) is 6. The predicted molar refractivity (Wildman–Crippen MR) is 165 cm³/mol. The highest BCUT2D eigenvalue weighted by Crippen LogP contribution is 2.25.